The summed E-state index contributed by atoms with van der Waals surface area (Å²) in [4.78, 5) is 13.2. The van der Waals surface area contributed by atoms with Crippen LogP contribution in [-0.4, -0.2) is 29.3 Å². The van der Waals surface area contributed by atoms with Crippen molar-refractivity contribution in [3.63, 3.8) is 0 Å². The number of benzene rings is 1. The molecule has 98 valence electrons. The lowest BCUT2D eigenvalue weighted by Crippen LogP contribution is -2.31. The first kappa shape index (κ1) is 14.8. The molecule has 18 heavy (non-hydrogen) atoms. The Kier molecular flexibility index (Phi) is 5.92. The quantitative estimate of drug-likeness (QED) is 0.597. The van der Waals surface area contributed by atoms with Gasteiger partial charge in [-0.1, -0.05) is 40.7 Å². The predicted molar refractivity (Wildman–Crippen MR) is 77.0 cm³/mol. The summed E-state index contributed by atoms with van der Waals surface area (Å²) < 4.78 is 5.39. The van der Waals surface area contributed by atoms with Gasteiger partial charge in [0.15, 0.2) is 0 Å². The van der Waals surface area contributed by atoms with Crippen molar-refractivity contribution in [1.82, 2.24) is 4.90 Å². The van der Waals surface area contributed by atoms with E-state index in [2.05, 4.69) is 22.5 Å². The Morgan fingerprint density at radius 3 is 2.61 bits per heavy atom. The summed E-state index contributed by atoms with van der Waals surface area (Å²) in [5.74, 6) is 0.878. The van der Waals surface area contributed by atoms with Gasteiger partial charge in [0.1, 0.15) is 12.4 Å². The standard InChI is InChI=1S/C14H18BrNO2/c1-4-9-18-13-7-5-12(6-8-13)10-16(3)14(17)11(2)15/h4-8,11H,1,9-10H2,2-3H3. The third-order valence-corrected chi connectivity index (χ3v) is 2.82. The van der Waals surface area contributed by atoms with Crippen LogP contribution in [-0.2, 0) is 11.3 Å². The zero-order chi connectivity index (χ0) is 13.5. The van der Waals surface area contributed by atoms with Crippen molar-refractivity contribution in [3.8, 4) is 5.75 Å². The normalized spacial score (nSPS) is 11.7. The van der Waals surface area contributed by atoms with E-state index in [-0.39, 0.29) is 10.7 Å². The molecular weight excluding hydrogens is 294 g/mol. The highest BCUT2D eigenvalue weighted by atomic mass is 79.9. The average Bonchev–Trinajstić information content (AvgIpc) is 2.36. The summed E-state index contributed by atoms with van der Waals surface area (Å²) in [6.45, 7) is 6.51. The van der Waals surface area contributed by atoms with Crippen LogP contribution in [0.4, 0.5) is 0 Å². The van der Waals surface area contributed by atoms with E-state index in [9.17, 15) is 4.79 Å². The van der Waals surface area contributed by atoms with E-state index in [1.54, 1.807) is 18.0 Å². The summed E-state index contributed by atoms with van der Waals surface area (Å²) in [7, 11) is 1.79. The maximum Gasteiger partial charge on any atom is 0.236 e. The van der Waals surface area contributed by atoms with Crippen molar-refractivity contribution in [2.75, 3.05) is 13.7 Å². The maximum atomic E-state index is 11.7. The van der Waals surface area contributed by atoms with E-state index in [4.69, 9.17) is 4.74 Å². The smallest absolute Gasteiger partial charge is 0.236 e. The third kappa shape index (κ3) is 4.53. The number of carbonyl (C=O) groups is 1. The number of carbonyl (C=O) groups excluding carboxylic acids is 1. The molecule has 1 amide bonds. The highest BCUT2D eigenvalue weighted by Crippen LogP contribution is 2.14. The van der Waals surface area contributed by atoms with Crippen LogP contribution in [0.25, 0.3) is 0 Å². The van der Waals surface area contributed by atoms with Crippen molar-refractivity contribution in [1.29, 1.82) is 0 Å². The Labute approximate surface area is 117 Å². The van der Waals surface area contributed by atoms with Crippen LogP contribution in [0, 0.1) is 0 Å². The lowest BCUT2D eigenvalue weighted by molar-refractivity contribution is -0.129. The molecule has 0 fully saturated rings. The molecule has 0 aliphatic rings. The number of ether oxygens (including phenoxy) is 1. The summed E-state index contributed by atoms with van der Waals surface area (Å²) in [6, 6.07) is 7.71. The molecule has 0 aromatic heterocycles. The molecule has 1 aromatic rings. The Hall–Kier alpha value is -1.29. The van der Waals surface area contributed by atoms with Gasteiger partial charge in [-0.3, -0.25) is 4.79 Å². The van der Waals surface area contributed by atoms with Gasteiger partial charge in [-0.05, 0) is 24.6 Å². The molecule has 3 nitrogen and oxygen atoms in total. The minimum absolute atomic E-state index is 0.0713. The minimum Gasteiger partial charge on any atom is -0.490 e. The van der Waals surface area contributed by atoms with E-state index < -0.39 is 0 Å². The predicted octanol–water partition coefficient (Wildman–Crippen LogP) is 2.99. The van der Waals surface area contributed by atoms with Gasteiger partial charge in [-0.15, -0.1) is 0 Å². The van der Waals surface area contributed by atoms with E-state index in [1.165, 1.54) is 0 Å². The minimum atomic E-state index is -0.155. The van der Waals surface area contributed by atoms with Gasteiger partial charge in [0.25, 0.3) is 0 Å². The van der Waals surface area contributed by atoms with E-state index in [1.807, 2.05) is 31.2 Å². The number of halogens is 1. The second-order valence-corrected chi connectivity index (χ2v) is 5.43. The Morgan fingerprint density at radius 1 is 1.50 bits per heavy atom. The van der Waals surface area contributed by atoms with Gasteiger partial charge in [0.2, 0.25) is 5.91 Å². The van der Waals surface area contributed by atoms with Crippen molar-refractivity contribution in [2.24, 2.45) is 0 Å². The first-order valence-electron chi connectivity index (χ1n) is 5.76. The molecule has 0 spiro atoms. The maximum absolute atomic E-state index is 11.7. The molecule has 0 aliphatic carbocycles. The van der Waals surface area contributed by atoms with Crippen molar-refractivity contribution in [3.05, 3.63) is 42.5 Å². The number of alkyl halides is 1. The average molecular weight is 312 g/mol. The number of amides is 1. The zero-order valence-corrected chi connectivity index (χ0v) is 12.3. The summed E-state index contributed by atoms with van der Waals surface area (Å²) in [5.41, 5.74) is 1.07. The fourth-order valence-electron chi connectivity index (χ4n) is 1.50. The van der Waals surface area contributed by atoms with Gasteiger partial charge in [0.05, 0.1) is 4.83 Å². The molecule has 0 saturated carbocycles. The highest BCUT2D eigenvalue weighted by Gasteiger charge is 2.14. The monoisotopic (exact) mass is 311 g/mol. The van der Waals surface area contributed by atoms with Crippen LogP contribution in [0.15, 0.2) is 36.9 Å². The Bertz CT molecular complexity index is 401. The lowest BCUT2D eigenvalue weighted by Gasteiger charge is -2.18. The Morgan fingerprint density at radius 2 is 2.11 bits per heavy atom. The summed E-state index contributed by atoms with van der Waals surface area (Å²) >= 11 is 3.27. The number of rotatable bonds is 6. The van der Waals surface area contributed by atoms with Gasteiger partial charge in [0, 0.05) is 13.6 Å². The fourth-order valence-corrected chi connectivity index (χ4v) is 1.85. The molecule has 0 aliphatic heterocycles. The lowest BCUT2D eigenvalue weighted by atomic mass is 10.2. The van der Waals surface area contributed by atoms with Crippen molar-refractivity contribution >= 4 is 21.8 Å². The summed E-state index contributed by atoms with van der Waals surface area (Å²) in [5, 5.41) is 0. The second kappa shape index (κ2) is 7.21. The van der Waals surface area contributed by atoms with E-state index in [0.717, 1.165) is 11.3 Å². The summed E-state index contributed by atoms with van der Waals surface area (Å²) in [6.07, 6.45) is 1.71. The van der Waals surface area contributed by atoms with Crippen LogP contribution in [0.2, 0.25) is 0 Å². The van der Waals surface area contributed by atoms with Crippen LogP contribution >= 0.6 is 15.9 Å². The van der Waals surface area contributed by atoms with Crippen LogP contribution in [0.3, 0.4) is 0 Å². The van der Waals surface area contributed by atoms with Gasteiger partial charge in [-0.2, -0.15) is 0 Å². The fraction of sp³-hybridized carbons (Fsp3) is 0.357. The molecule has 0 saturated heterocycles. The molecule has 0 N–H and O–H groups in total. The van der Waals surface area contributed by atoms with Gasteiger partial charge >= 0.3 is 0 Å². The van der Waals surface area contributed by atoms with Gasteiger partial charge in [-0.25, -0.2) is 0 Å². The second-order valence-electron chi connectivity index (χ2n) is 4.05. The first-order valence-corrected chi connectivity index (χ1v) is 6.68. The molecule has 0 radical (unpaired) electrons. The molecule has 1 unspecified atom stereocenters. The largest absolute Gasteiger partial charge is 0.490 e. The number of hydrogen-bond donors (Lipinski definition) is 0. The van der Waals surface area contributed by atoms with E-state index >= 15 is 0 Å². The molecule has 1 rings (SSSR count). The van der Waals surface area contributed by atoms with Crippen LogP contribution in [0.1, 0.15) is 12.5 Å². The number of hydrogen-bond acceptors (Lipinski definition) is 2. The molecule has 4 heteroatoms. The third-order valence-electron chi connectivity index (χ3n) is 2.43. The molecular formula is C14H18BrNO2. The molecule has 0 bridgehead atoms. The number of nitrogens with zero attached hydrogens (tertiary/aromatic N) is 1. The first-order chi connectivity index (χ1) is 8.54. The topological polar surface area (TPSA) is 29.5 Å². The van der Waals surface area contributed by atoms with Crippen LogP contribution in [0.5, 0.6) is 5.75 Å². The van der Waals surface area contributed by atoms with E-state index in [0.29, 0.717) is 13.2 Å². The highest BCUT2D eigenvalue weighted by molar-refractivity contribution is 9.10. The molecule has 0 heterocycles. The molecule has 1 atom stereocenters. The zero-order valence-electron chi connectivity index (χ0n) is 10.7. The SMILES string of the molecule is C=CCOc1ccc(CN(C)C(=O)C(C)Br)cc1. The van der Waals surface area contributed by atoms with Crippen molar-refractivity contribution < 1.29 is 9.53 Å². The molecule has 1 aromatic carbocycles. The van der Waals surface area contributed by atoms with Crippen molar-refractivity contribution in [2.45, 2.75) is 18.3 Å². The Balaban J connectivity index is 2.58. The van der Waals surface area contributed by atoms with Gasteiger partial charge < -0.3 is 9.64 Å². The van der Waals surface area contributed by atoms with Crippen LogP contribution < -0.4 is 4.74 Å².